The molecule has 1 unspecified atom stereocenters. The van der Waals surface area contributed by atoms with Crippen molar-refractivity contribution in [3.63, 3.8) is 0 Å². The molecule has 3 rings (SSSR count). The average Bonchev–Trinajstić information content (AvgIpc) is 2.91. The van der Waals surface area contributed by atoms with E-state index in [4.69, 9.17) is 9.47 Å². The summed E-state index contributed by atoms with van der Waals surface area (Å²) in [5.74, 6) is -0.568. The average molecular weight is 353 g/mol. The number of aliphatic hydroxyl groups excluding tert-OH is 1. The number of methoxy groups -OCH3 is 2. The van der Waals surface area contributed by atoms with Crippen molar-refractivity contribution in [2.75, 3.05) is 21.3 Å². The summed E-state index contributed by atoms with van der Waals surface area (Å²) in [7, 11) is 4.56. The number of carbonyl (C=O) groups is 2. The van der Waals surface area contributed by atoms with Crippen LogP contribution in [0.3, 0.4) is 0 Å². The zero-order chi connectivity index (χ0) is 18.8. The number of hydrogen-bond acceptors (Lipinski definition) is 5. The smallest absolute Gasteiger partial charge is 0.295 e. The molecule has 0 spiro atoms. The molecule has 2 aromatic carbocycles. The normalized spacial score (nSPS) is 18.9. The third kappa shape index (κ3) is 2.79. The second-order valence-electron chi connectivity index (χ2n) is 5.88. The molecular weight excluding hydrogens is 334 g/mol. The Kier molecular flexibility index (Phi) is 4.67. The molecule has 0 aliphatic carbocycles. The minimum Gasteiger partial charge on any atom is -0.507 e. The number of ketones is 1. The van der Waals surface area contributed by atoms with E-state index in [1.54, 1.807) is 48.5 Å². The first-order valence-electron chi connectivity index (χ1n) is 8.01. The molecule has 1 atom stereocenters. The van der Waals surface area contributed by atoms with E-state index >= 15 is 0 Å². The second kappa shape index (κ2) is 6.92. The first-order valence-corrected chi connectivity index (χ1v) is 8.01. The molecule has 0 radical (unpaired) electrons. The van der Waals surface area contributed by atoms with Crippen LogP contribution in [0.4, 0.5) is 0 Å². The van der Waals surface area contributed by atoms with Crippen LogP contribution in [0, 0.1) is 0 Å². The lowest BCUT2D eigenvalue weighted by Gasteiger charge is -2.23. The Labute approximate surface area is 151 Å². The van der Waals surface area contributed by atoms with Crippen LogP contribution in [-0.2, 0) is 9.59 Å². The predicted molar refractivity (Wildman–Crippen MR) is 96.1 cm³/mol. The highest BCUT2D eigenvalue weighted by molar-refractivity contribution is 6.46. The van der Waals surface area contributed by atoms with Gasteiger partial charge in [-0.2, -0.15) is 0 Å². The summed E-state index contributed by atoms with van der Waals surface area (Å²) >= 11 is 0. The van der Waals surface area contributed by atoms with Gasteiger partial charge in [0.15, 0.2) is 0 Å². The highest BCUT2D eigenvalue weighted by Crippen LogP contribution is 2.42. The van der Waals surface area contributed by atoms with Gasteiger partial charge >= 0.3 is 0 Å². The number of hydrogen-bond donors (Lipinski definition) is 1. The maximum Gasteiger partial charge on any atom is 0.295 e. The van der Waals surface area contributed by atoms with Crippen molar-refractivity contribution in [3.05, 3.63) is 65.2 Å². The van der Waals surface area contributed by atoms with Crippen LogP contribution in [0.2, 0.25) is 0 Å². The molecule has 1 heterocycles. The summed E-state index contributed by atoms with van der Waals surface area (Å²) in [5, 5.41) is 10.7. The van der Waals surface area contributed by atoms with Gasteiger partial charge in [0, 0.05) is 24.2 Å². The maximum atomic E-state index is 12.6. The summed E-state index contributed by atoms with van der Waals surface area (Å²) in [5.41, 5.74) is 1.09. The van der Waals surface area contributed by atoms with E-state index in [1.165, 1.54) is 26.2 Å². The lowest BCUT2D eigenvalue weighted by atomic mass is 9.94. The highest BCUT2D eigenvalue weighted by atomic mass is 16.5. The predicted octanol–water partition coefficient (Wildman–Crippen LogP) is 2.76. The summed E-state index contributed by atoms with van der Waals surface area (Å²) in [6, 6.07) is 13.0. The first kappa shape index (κ1) is 17.5. The van der Waals surface area contributed by atoms with Gasteiger partial charge in [-0.3, -0.25) is 9.59 Å². The number of likely N-dealkylation sites (tertiary alicyclic amines) is 1. The van der Waals surface area contributed by atoms with Crippen molar-refractivity contribution < 1.29 is 24.2 Å². The Balaban J connectivity index is 2.21. The Morgan fingerprint density at radius 2 is 1.73 bits per heavy atom. The molecule has 1 fully saturated rings. The third-order valence-electron chi connectivity index (χ3n) is 4.46. The van der Waals surface area contributed by atoms with Gasteiger partial charge in [-0.05, 0) is 12.1 Å². The van der Waals surface area contributed by atoms with E-state index in [9.17, 15) is 14.7 Å². The zero-order valence-corrected chi connectivity index (χ0v) is 14.7. The minimum absolute atomic E-state index is 0.0344. The fourth-order valence-corrected chi connectivity index (χ4v) is 3.11. The van der Waals surface area contributed by atoms with E-state index in [-0.39, 0.29) is 11.3 Å². The van der Waals surface area contributed by atoms with Crippen LogP contribution in [0.5, 0.6) is 11.5 Å². The monoisotopic (exact) mass is 353 g/mol. The Bertz CT molecular complexity index is 888. The lowest BCUT2D eigenvalue weighted by Crippen LogP contribution is -2.25. The van der Waals surface area contributed by atoms with Crippen molar-refractivity contribution in [3.8, 4) is 11.5 Å². The van der Waals surface area contributed by atoms with E-state index in [0.717, 1.165) is 0 Å². The second-order valence-corrected chi connectivity index (χ2v) is 5.88. The van der Waals surface area contributed by atoms with Crippen LogP contribution in [0.1, 0.15) is 17.2 Å². The molecule has 2 aromatic rings. The fraction of sp³-hybridized carbons (Fsp3) is 0.200. The van der Waals surface area contributed by atoms with Gasteiger partial charge in [-0.15, -0.1) is 0 Å². The molecule has 0 bridgehead atoms. The fourth-order valence-electron chi connectivity index (χ4n) is 3.11. The highest BCUT2D eigenvalue weighted by Gasteiger charge is 2.45. The van der Waals surface area contributed by atoms with E-state index < -0.39 is 17.7 Å². The molecule has 0 aromatic heterocycles. The number of amides is 1. The summed E-state index contributed by atoms with van der Waals surface area (Å²) < 4.78 is 10.6. The number of ether oxygens (including phenoxy) is 2. The number of Topliss-reactive ketones (excluding diaryl/α,β-unsaturated/α-hetero) is 1. The van der Waals surface area contributed by atoms with Crippen molar-refractivity contribution >= 4 is 17.4 Å². The molecule has 1 saturated heterocycles. The molecule has 6 heteroatoms. The molecule has 1 N–H and O–H groups in total. The summed E-state index contributed by atoms with van der Waals surface area (Å²) in [6.45, 7) is 0. The minimum atomic E-state index is -0.754. The molecule has 1 amide bonds. The first-order chi connectivity index (χ1) is 12.5. The zero-order valence-electron chi connectivity index (χ0n) is 14.7. The summed E-state index contributed by atoms with van der Waals surface area (Å²) in [4.78, 5) is 26.2. The molecule has 26 heavy (non-hydrogen) atoms. The van der Waals surface area contributed by atoms with Gasteiger partial charge in [0.25, 0.3) is 11.7 Å². The van der Waals surface area contributed by atoms with Gasteiger partial charge in [-0.1, -0.05) is 30.3 Å². The van der Waals surface area contributed by atoms with Gasteiger partial charge in [0.2, 0.25) is 0 Å². The van der Waals surface area contributed by atoms with Crippen molar-refractivity contribution in [2.24, 2.45) is 0 Å². The Morgan fingerprint density at radius 3 is 2.35 bits per heavy atom. The van der Waals surface area contributed by atoms with E-state index in [1.807, 2.05) is 0 Å². The quantitative estimate of drug-likeness (QED) is 0.520. The lowest BCUT2D eigenvalue weighted by molar-refractivity contribution is -0.139. The molecular formula is C20H19NO5. The van der Waals surface area contributed by atoms with Gasteiger partial charge in [-0.25, -0.2) is 0 Å². The third-order valence-corrected chi connectivity index (χ3v) is 4.46. The number of nitrogens with zero attached hydrogens (tertiary/aromatic N) is 1. The van der Waals surface area contributed by atoms with Crippen LogP contribution in [0.25, 0.3) is 5.76 Å². The van der Waals surface area contributed by atoms with Gasteiger partial charge in [0.05, 0.1) is 25.8 Å². The SMILES string of the molecule is COc1ccc(C2C(=C(O)c3ccccc3)C(=O)C(=O)N2C)c(OC)c1. The standard InChI is InChI=1S/C20H19NO5/c1-21-17(14-10-9-13(25-2)11-15(14)26-3)16(19(23)20(21)24)18(22)12-7-5-4-6-8-12/h4-11,17,22H,1-3H3. The van der Waals surface area contributed by atoms with Crippen LogP contribution >= 0.6 is 0 Å². The molecule has 6 nitrogen and oxygen atoms in total. The molecule has 1 aliphatic heterocycles. The Hall–Kier alpha value is -3.28. The number of aliphatic hydroxyl groups is 1. The van der Waals surface area contributed by atoms with Crippen LogP contribution in [0.15, 0.2) is 54.1 Å². The van der Waals surface area contributed by atoms with Crippen LogP contribution in [-0.4, -0.2) is 43.0 Å². The van der Waals surface area contributed by atoms with Crippen molar-refractivity contribution in [1.82, 2.24) is 4.90 Å². The number of benzene rings is 2. The number of carbonyl (C=O) groups excluding carboxylic acids is 2. The molecule has 1 aliphatic rings. The van der Waals surface area contributed by atoms with Crippen molar-refractivity contribution in [1.29, 1.82) is 0 Å². The maximum absolute atomic E-state index is 12.6. The van der Waals surface area contributed by atoms with Gasteiger partial charge < -0.3 is 19.5 Å². The number of rotatable bonds is 4. The molecule has 0 saturated carbocycles. The molecule has 134 valence electrons. The van der Waals surface area contributed by atoms with E-state index in [0.29, 0.717) is 22.6 Å². The van der Waals surface area contributed by atoms with E-state index in [2.05, 4.69) is 0 Å². The topological polar surface area (TPSA) is 76.1 Å². The largest absolute Gasteiger partial charge is 0.507 e. The van der Waals surface area contributed by atoms with Gasteiger partial charge in [0.1, 0.15) is 17.3 Å². The Morgan fingerprint density at radius 1 is 1.04 bits per heavy atom. The van der Waals surface area contributed by atoms with Crippen LogP contribution < -0.4 is 9.47 Å². The van der Waals surface area contributed by atoms with Crippen molar-refractivity contribution in [2.45, 2.75) is 6.04 Å². The summed E-state index contributed by atoms with van der Waals surface area (Å²) in [6.07, 6.45) is 0. The number of likely N-dealkylation sites (N-methyl/N-ethyl adjacent to an activating group) is 1.